The highest BCUT2D eigenvalue weighted by molar-refractivity contribution is 7.05. The topological polar surface area (TPSA) is 95.4 Å². The van der Waals surface area contributed by atoms with Gasteiger partial charge in [0.2, 0.25) is 0 Å². The van der Waals surface area contributed by atoms with Crippen LogP contribution in [-0.4, -0.2) is 44.2 Å². The van der Waals surface area contributed by atoms with E-state index < -0.39 is 12.0 Å². The smallest absolute Gasteiger partial charge is 0.328 e. The number of rotatable bonds is 3. The molecule has 2 N–H and O–H groups in total. The van der Waals surface area contributed by atoms with Crippen LogP contribution in [0.2, 0.25) is 0 Å². The van der Waals surface area contributed by atoms with Gasteiger partial charge in [0.05, 0.1) is 24.2 Å². The Labute approximate surface area is 88.9 Å². The van der Waals surface area contributed by atoms with Gasteiger partial charge >= 0.3 is 12.0 Å². The molecule has 80 valence electrons. The maximum absolute atomic E-state index is 11.3. The molecule has 1 fully saturated rings. The summed E-state index contributed by atoms with van der Waals surface area (Å²) in [5, 5.41) is 14.7. The van der Waals surface area contributed by atoms with E-state index in [1.807, 2.05) is 0 Å². The van der Waals surface area contributed by atoms with Crippen LogP contribution in [0.15, 0.2) is 6.20 Å². The van der Waals surface area contributed by atoms with Crippen LogP contribution in [0, 0.1) is 0 Å². The van der Waals surface area contributed by atoms with Crippen molar-refractivity contribution in [2.24, 2.45) is 0 Å². The van der Waals surface area contributed by atoms with Crippen molar-refractivity contribution in [2.45, 2.75) is 12.6 Å². The number of carboxylic acid groups (broad SMARTS) is 1. The second-order valence-corrected chi connectivity index (χ2v) is 3.97. The number of carbonyl (C=O) groups is 2. The molecule has 2 rings (SSSR count). The number of aromatic nitrogens is 2. The highest BCUT2D eigenvalue weighted by atomic mass is 32.1. The van der Waals surface area contributed by atoms with E-state index in [2.05, 4.69) is 14.9 Å². The maximum Gasteiger partial charge on any atom is 0.328 e. The molecule has 15 heavy (non-hydrogen) atoms. The zero-order valence-corrected chi connectivity index (χ0v) is 8.40. The fourth-order valence-corrected chi connectivity index (χ4v) is 1.82. The molecule has 1 unspecified atom stereocenters. The monoisotopic (exact) mass is 228 g/mol. The number of amides is 2. The van der Waals surface area contributed by atoms with Crippen molar-refractivity contribution < 1.29 is 14.7 Å². The van der Waals surface area contributed by atoms with Crippen LogP contribution < -0.4 is 5.32 Å². The number of aliphatic carboxylic acids is 1. The largest absolute Gasteiger partial charge is 0.480 e. The first kappa shape index (κ1) is 9.84. The van der Waals surface area contributed by atoms with Crippen molar-refractivity contribution in [1.82, 2.24) is 19.8 Å². The molecule has 0 spiro atoms. The van der Waals surface area contributed by atoms with Gasteiger partial charge in [-0.25, -0.2) is 9.59 Å². The molecule has 0 saturated carbocycles. The molecule has 1 atom stereocenters. The number of hydrogen-bond donors (Lipinski definition) is 2. The fourth-order valence-electron chi connectivity index (χ4n) is 1.31. The molecule has 0 aromatic carbocycles. The molecule has 1 saturated heterocycles. The van der Waals surface area contributed by atoms with E-state index in [0.717, 1.165) is 4.88 Å². The average Bonchev–Trinajstić information content (AvgIpc) is 2.77. The number of urea groups is 1. The lowest BCUT2D eigenvalue weighted by Gasteiger charge is -2.11. The Kier molecular flexibility index (Phi) is 2.50. The molecular weight excluding hydrogens is 220 g/mol. The lowest BCUT2D eigenvalue weighted by Crippen LogP contribution is -2.33. The van der Waals surface area contributed by atoms with Gasteiger partial charge in [-0.15, -0.1) is 5.10 Å². The van der Waals surface area contributed by atoms with Gasteiger partial charge in [-0.1, -0.05) is 4.49 Å². The number of nitrogens with one attached hydrogen (secondary N) is 1. The Morgan fingerprint density at radius 1 is 1.80 bits per heavy atom. The Hall–Kier alpha value is -1.70. The molecule has 1 aliphatic rings. The minimum Gasteiger partial charge on any atom is -0.480 e. The Morgan fingerprint density at radius 2 is 2.60 bits per heavy atom. The van der Waals surface area contributed by atoms with E-state index in [0.29, 0.717) is 6.54 Å². The Morgan fingerprint density at radius 3 is 3.13 bits per heavy atom. The summed E-state index contributed by atoms with van der Waals surface area (Å²) in [7, 11) is 0. The van der Waals surface area contributed by atoms with Gasteiger partial charge in [-0.05, 0) is 11.5 Å². The zero-order chi connectivity index (χ0) is 10.8. The van der Waals surface area contributed by atoms with Crippen LogP contribution in [0.1, 0.15) is 4.88 Å². The third kappa shape index (κ3) is 2.04. The summed E-state index contributed by atoms with van der Waals surface area (Å²) in [5.74, 6) is -1.02. The molecule has 8 heteroatoms. The first-order valence-electron chi connectivity index (χ1n) is 4.21. The van der Waals surface area contributed by atoms with E-state index in [9.17, 15) is 9.59 Å². The SMILES string of the molecule is O=C(O)C1CN(Cc2cnns2)C(=O)N1. The third-order valence-corrected chi connectivity index (χ3v) is 2.68. The summed E-state index contributed by atoms with van der Waals surface area (Å²) >= 11 is 1.19. The van der Waals surface area contributed by atoms with Gasteiger partial charge in [-0.3, -0.25) is 0 Å². The van der Waals surface area contributed by atoms with Crippen LogP contribution in [-0.2, 0) is 11.3 Å². The van der Waals surface area contributed by atoms with Gasteiger partial charge in [0.1, 0.15) is 6.04 Å². The zero-order valence-electron chi connectivity index (χ0n) is 7.58. The standard InChI is InChI=1S/C7H8N4O3S/c12-6(13)5-3-11(7(14)9-5)2-4-1-8-10-15-4/h1,5H,2-3H2,(H,9,14)(H,12,13). The predicted octanol–water partition coefficient (Wildman–Crippen LogP) is -0.484. The summed E-state index contributed by atoms with van der Waals surface area (Å²) in [6, 6.07) is -1.19. The summed E-state index contributed by atoms with van der Waals surface area (Å²) in [6.07, 6.45) is 1.56. The van der Waals surface area contributed by atoms with Crippen LogP contribution in [0.25, 0.3) is 0 Å². The minimum atomic E-state index is -1.02. The Bertz CT molecular complexity index is 380. The average molecular weight is 228 g/mol. The predicted molar refractivity (Wildman–Crippen MR) is 50.3 cm³/mol. The van der Waals surface area contributed by atoms with E-state index in [1.165, 1.54) is 16.4 Å². The van der Waals surface area contributed by atoms with Crippen molar-refractivity contribution in [3.63, 3.8) is 0 Å². The van der Waals surface area contributed by atoms with Crippen molar-refractivity contribution in [2.75, 3.05) is 6.54 Å². The minimum absolute atomic E-state index is 0.173. The van der Waals surface area contributed by atoms with Crippen LogP contribution in [0.5, 0.6) is 0 Å². The molecule has 7 nitrogen and oxygen atoms in total. The number of carbonyl (C=O) groups excluding carboxylic acids is 1. The number of hydrogen-bond acceptors (Lipinski definition) is 5. The molecule has 2 heterocycles. The lowest BCUT2D eigenvalue weighted by atomic mass is 10.3. The first-order valence-corrected chi connectivity index (χ1v) is 4.98. The molecule has 0 aliphatic carbocycles. The third-order valence-electron chi connectivity index (χ3n) is 2.04. The second-order valence-electron chi connectivity index (χ2n) is 3.10. The first-order chi connectivity index (χ1) is 7.16. The van der Waals surface area contributed by atoms with Crippen molar-refractivity contribution in [3.8, 4) is 0 Å². The number of nitrogens with zero attached hydrogens (tertiary/aromatic N) is 3. The van der Waals surface area contributed by atoms with Gasteiger partial charge in [0.15, 0.2) is 0 Å². The quantitative estimate of drug-likeness (QED) is 0.728. The summed E-state index contributed by atoms with van der Waals surface area (Å²) in [6.45, 7) is 0.527. The second kappa shape index (κ2) is 3.81. The van der Waals surface area contributed by atoms with Gasteiger partial charge < -0.3 is 15.3 Å². The van der Waals surface area contributed by atoms with E-state index in [4.69, 9.17) is 5.11 Å². The lowest BCUT2D eigenvalue weighted by molar-refractivity contribution is -0.138. The molecule has 0 bridgehead atoms. The Balaban J connectivity index is 2.00. The van der Waals surface area contributed by atoms with Gasteiger partial charge in [0, 0.05) is 0 Å². The van der Waals surface area contributed by atoms with Gasteiger partial charge in [-0.2, -0.15) is 0 Å². The molecule has 1 aromatic heterocycles. The maximum atomic E-state index is 11.3. The van der Waals surface area contributed by atoms with Gasteiger partial charge in [0.25, 0.3) is 0 Å². The molecule has 2 amide bonds. The molecular formula is C7H8N4O3S. The summed E-state index contributed by atoms with van der Waals surface area (Å²) < 4.78 is 3.66. The summed E-state index contributed by atoms with van der Waals surface area (Å²) in [5.41, 5.74) is 0. The molecule has 1 aromatic rings. The normalized spacial score (nSPS) is 20.4. The van der Waals surface area contributed by atoms with Crippen molar-refractivity contribution in [3.05, 3.63) is 11.1 Å². The molecule has 0 radical (unpaired) electrons. The van der Waals surface area contributed by atoms with Crippen LogP contribution in [0.4, 0.5) is 4.79 Å². The highest BCUT2D eigenvalue weighted by Crippen LogP contribution is 2.11. The van der Waals surface area contributed by atoms with Crippen molar-refractivity contribution >= 4 is 23.5 Å². The van der Waals surface area contributed by atoms with E-state index in [1.54, 1.807) is 6.20 Å². The van der Waals surface area contributed by atoms with Crippen molar-refractivity contribution in [1.29, 1.82) is 0 Å². The summed E-state index contributed by atoms with van der Waals surface area (Å²) in [4.78, 5) is 24.2. The fraction of sp³-hybridized carbons (Fsp3) is 0.429. The van der Waals surface area contributed by atoms with E-state index >= 15 is 0 Å². The van der Waals surface area contributed by atoms with Crippen LogP contribution in [0.3, 0.4) is 0 Å². The van der Waals surface area contributed by atoms with Crippen LogP contribution >= 0.6 is 11.5 Å². The highest BCUT2D eigenvalue weighted by Gasteiger charge is 2.33. The molecule has 1 aliphatic heterocycles. The number of carboxylic acids is 1. The van der Waals surface area contributed by atoms with E-state index in [-0.39, 0.29) is 12.6 Å².